The zero-order valence-electron chi connectivity index (χ0n) is 7.14. The molecule has 0 spiro atoms. The first-order valence-electron chi connectivity index (χ1n) is 3.97. The van der Waals surface area contributed by atoms with Gasteiger partial charge in [-0.15, -0.1) is 11.3 Å². The van der Waals surface area contributed by atoms with E-state index in [9.17, 15) is 0 Å². The van der Waals surface area contributed by atoms with E-state index >= 15 is 0 Å². The van der Waals surface area contributed by atoms with Gasteiger partial charge >= 0.3 is 0 Å². The fraction of sp³-hybridized carbons (Fsp3) is 0.111. The maximum Gasteiger partial charge on any atom is 0.142 e. The van der Waals surface area contributed by atoms with E-state index in [1.807, 2.05) is 12.1 Å². The molecule has 0 aliphatic rings. The van der Waals surface area contributed by atoms with Gasteiger partial charge in [0.1, 0.15) is 5.01 Å². The second-order valence-electron chi connectivity index (χ2n) is 2.65. The van der Waals surface area contributed by atoms with Gasteiger partial charge < -0.3 is 5.11 Å². The van der Waals surface area contributed by atoms with Crippen LogP contribution < -0.4 is 0 Å². The summed E-state index contributed by atoms with van der Waals surface area (Å²) in [5, 5.41) is 9.72. The van der Waals surface area contributed by atoms with Crippen LogP contribution in [0.1, 0.15) is 4.88 Å². The van der Waals surface area contributed by atoms with Crippen molar-refractivity contribution in [1.29, 1.82) is 0 Å². The molecule has 2 aromatic rings. The van der Waals surface area contributed by atoms with Crippen molar-refractivity contribution in [2.45, 2.75) is 6.61 Å². The number of halogens is 1. The van der Waals surface area contributed by atoms with Gasteiger partial charge in [0, 0.05) is 16.9 Å². The Kier molecular flexibility index (Phi) is 2.90. The molecule has 3 nitrogen and oxygen atoms in total. The van der Waals surface area contributed by atoms with Crippen LogP contribution in [0.5, 0.6) is 0 Å². The Morgan fingerprint density at radius 3 is 2.71 bits per heavy atom. The summed E-state index contributed by atoms with van der Waals surface area (Å²) in [5.41, 5.74) is 0.831. The normalized spacial score (nSPS) is 10.4. The third-order valence-corrected chi connectivity index (χ3v) is 3.13. The molecular weight excluding hydrogens is 264 g/mol. The lowest BCUT2D eigenvalue weighted by Gasteiger charge is -1.94. The first kappa shape index (κ1) is 9.76. The Balaban J connectivity index is 2.34. The zero-order valence-corrected chi connectivity index (χ0v) is 9.55. The number of rotatable bonds is 2. The van der Waals surface area contributed by atoms with Crippen molar-refractivity contribution in [2.24, 2.45) is 0 Å². The number of thiazole rings is 1. The molecule has 0 bridgehead atoms. The van der Waals surface area contributed by atoms with Crippen LogP contribution in [0.15, 0.2) is 29.0 Å². The van der Waals surface area contributed by atoms with Gasteiger partial charge in [-0.25, -0.2) is 4.98 Å². The predicted octanol–water partition coefficient (Wildman–Crippen LogP) is 2.46. The number of pyridine rings is 1. The van der Waals surface area contributed by atoms with Gasteiger partial charge in [0.05, 0.1) is 17.2 Å². The molecule has 2 aromatic heterocycles. The van der Waals surface area contributed by atoms with Crippen molar-refractivity contribution in [3.63, 3.8) is 0 Å². The maximum atomic E-state index is 8.88. The Bertz CT molecular complexity index is 427. The summed E-state index contributed by atoms with van der Waals surface area (Å²) in [4.78, 5) is 9.23. The Hall–Kier alpha value is -0.780. The highest BCUT2D eigenvalue weighted by Crippen LogP contribution is 2.24. The second-order valence-corrected chi connectivity index (χ2v) is 4.68. The highest BCUT2D eigenvalue weighted by Gasteiger charge is 2.04. The van der Waals surface area contributed by atoms with Gasteiger partial charge in [-0.05, 0) is 28.1 Å². The number of aromatic nitrogens is 2. The van der Waals surface area contributed by atoms with Gasteiger partial charge in [-0.1, -0.05) is 0 Å². The van der Waals surface area contributed by atoms with Crippen molar-refractivity contribution in [2.75, 3.05) is 0 Å². The van der Waals surface area contributed by atoms with Crippen LogP contribution in [0.3, 0.4) is 0 Å². The third kappa shape index (κ3) is 2.00. The Morgan fingerprint density at radius 2 is 2.14 bits per heavy atom. The molecule has 0 saturated carbocycles. The summed E-state index contributed by atoms with van der Waals surface area (Å²) in [6.45, 7) is 0.0359. The van der Waals surface area contributed by atoms with Crippen LogP contribution in [0, 0.1) is 0 Å². The van der Waals surface area contributed by atoms with Crippen LogP contribution >= 0.6 is 27.3 Å². The first-order chi connectivity index (χ1) is 6.79. The minimum atomic E-state index is 0.0359. The fourth-order valence-electron chi connectivity index (χ4n) is 1.00. The van der Waals surface area contributed by atoms with E-state index in [-0.39, 0.29) is 6.61 Å². The van der Waals surface area contributed by atoms with Crippen LogP contribution in [0.25, 0.3) is 10.7 Å². The topological polar surface area (TPSA) is 46.0 Å². The van der Waals surface area contributed by atoms with Crippen LogP contribution in [0.2, 0.25) is 0 Å². The molecule has 14 heavy (non-hydrogen) atoms. The SMILES string of the molecule is OCc1cnc(-c2ccc(Br)cn2)s1. The van der Waals surface area contributed by atoms with E-state index in [1.54, 1.807) is 12.4 Å². The summed E-state index contributed by atoms with van der Waals surface area (Å²) < 4.78 is 0.945. The van der Waals surface area contributed by atoms with Crippen LogP contribution in [-0.4, -0.2) is 15.1 Å². The molecule has 2 rings (SSSR count). The van der Waals surface area contributed by atoms with Gasteiger partial charge in [0.2, 0.25) is 0 Å². The number of hydrogen-bond donors (Lipinski definition) is 1. The maximum absolute atomic E-state index is 8.88. The molecule has 0 radical (unpaired) electrons. The van der Waals surface area contributed by atoms with Crippen molar-refractivity contribution in [3.8, 4) is 10.7 Å². The molecule has 2 heterocycles. The van der Waals surface area contributed by atoms with Crippen molar-refractivity contribution in [3.05, 3.63) is 33.9 Å². The zero-order chi connectivity index (χ0) is 9.97. The monoisotopic (exact) mass is 270 g/mol. The molecule has 0 unspecified atom stereocenters. The molecule has 72 valence electrons. The number of hydrogen-bond acceptors (Lipinski definition) is 4. The molecule has 0 fully saturated rings. The summed E-state index contributed by atoms with van der Waals surface area (Å²) in [6, 6.07) is 3.81. The number of nitrogens with zero attached hydrogens (tertiary/aromatic N) is 2. The first-order valence-corrected chi connectivity index (χ1v) is 5.58. The van der Waals surface area contributed by atoms with E-state index < -0.39 is 0 Å². The Morgan fingerprint density at radius 1 is 1.29 bits per heavy atom. The summed E-state index contributed by atoms with van der Waals surface area (Å²) in [6.07, 6.45) is 3.40. The average Bonchev–Trinajstić information content (AvgIpc) is 2.67. The molecular formula is C9H7BrN2OS. The summed E-state index contributed by atoms with van der Waals surface area (Å²) in [7, 11) is 0. The van der Waals surface area contributed by atoms with E-state index in [2.05, 4.69) is 25.9 Å². The molecule has 0 aliphatic carbocycles. The summed E-state index contributed by atoms with van der Waals surface area (Å²) >= 11 is 4.77. The highest BCUT2D eigenvalue weighted by atomic mass is 79.9. The van der Waals surface area contributed by atoms with Gasteiger partial charge in [-0.3, -0.25) is 4.98 Å². The van der Waals surface area contributed by atoms with Crippen LogP contribution in [-0.2, 0) is 6.61 Å². The van der Waals surface area contributed by atoms with E-state index in [0.29, 0.717) is 0 Å². The summed E-state index contributed by atoms with van der Waals surface area (Å²) in [5.74, 6) is 0. The lowest BCUT2D eigenvalue weighted by atomic mass is 10.4. The van der Waals surface area contributed by atoms with Gasteiger partial charge in [-0.2, -0.15) is 0 Å². The van der Waals surface area contributed by atoms with Crippen LogP contribution in [0.4, 0.5) is 0 Å². The van der Waals surface area contributed by atoms with Crippen molar-refractivity contribution >= 4 is 27.3 Å². The quantitative estimate of drug-likeness (QED) is 0.912. The fourth-order valence-corrected chi connectivity index (χ4v) is 1.98. The number of aliphatic hydroxyl groups excluding tert-OH is 1. The van der Waals surface area contributed by atoms with Gasteiger partial charge in [0.15, 0.2) is 0 Å². The standard InChI is InChI=1S/C9H7BrN2OS/c10-6-1-2-8(11-3-6)9-12-4-7(5-13)14-9/h1-4,13H,5H2. The molecule has 5 heteroatoms. The third-order valence-electron chi connectivity index (χ3n) is 1.66. The van der Waals surface area contributed by atoms with E-state index in [0.717, 1.165) is 20.1 Å². The smallest absolute Gasteiger partial charge is 0.142 e. The molecule has 1 N–H and O–H groups in total. The lowest BCUT2D eigenvalue weighted by Crippen LogP contribution is -1.79. The number of aliphatic hydroxyl groups is 1. The van der Waals surface area contributed by atoms with Crippen molar-refractivity contribution in [1.82, 2.24) is 9.97 Å². The average molecular weight is 271 g/mol. The molecule has 0 saturated heterocycles. The van der Waals surface area contributed by atoms with E-state index in [1.165, 1.54) is 11.3 Å². The van der Waals surface area contributed by atoms with Crippen molar-refractivity contribution < 1.29 is 5.11 Å². The lowest BCUT2D eigenvalue weighted by molar-refractivity contribution is 0.285. The minimum absolute atomic E-state index is 0.0359. The largest absolute Gasteiger partial charge is 0.391 e. The van der Waals surface area contributed by atoms with Gasteiger partial charge in [0.25, 0.3) is 0 Å². The Labute approximate surface area is 93.6 Å². The highest BCUT2D eigenvalue weighted by molar-refractivity contribution is 9.10. The second kappa shape index (κ2) is 4.16. The molecule has 0 aliphatic heterocycles. The van der Waals surface area contributed by atoms with E-state index in [4.69, 9.17) is 5.11 Å². The predicted molar refractivity (Wildman–Crippen MR) is 59.0 cm³/mol. The molecule has 0 amide bonds. The molecule has 0 atom stereocenters. The minimum Gasteiger partial charge on any atom is -0.391 e. The molecule has 0 aromatic carbocycles.